The Hall–Kier alpha value is -3.54. The monoisotopic (exact) mass is 336 g/mol. The highest BCUT2D eigenvalue weighted by molar-refractivity contribution is 5.75. The van der Waals surface area contributed by atoms with Crippen LogP contribution >= 0.6 is 0 Å². The summed E-state index contributed by atoms with van der Waals surface area (Å²) in [5, 5.41) is 1.18. The van der Waals surface area contributed by atoms with Crippen molar-refractivity contribution in [1.82, 2.24) is 0 Å². The van der Waals surface area contributed by atoms with E-state index in [1.165, 1.54) is 5.39 Å². The molecule has 0 bridgehead atoms. The Bertz CT molecular complexity index is 1070. The van der Waals surface area contributed by atoms with Crippen LogP contribution < -0.4 is 9.13 Å². The van der Waals surface area contributed by atoms with E-state index in [0.29, 0.717) is 12.8 Å². The topological polar surface area (TPSA) is 7.76 Å². The maximum Gasteiger partial charge on any atom is 0.257 e. The predicted octanol–water partition coefficient (Wildman–Crippen LogP) is 2.86. The Kier molecular flexibility index (Phi) is 5.67. The number of nitrogens with zero attached hydrogens (tertiary/aromatic N) is 2. The van der Waals surface area contributed by atoms with Crippen LogP contribution in [-0.4, -0.2) is 0 Å². The molecule has 0 atom stereocenters. The number of hydrogen-bond donors (Lipinski definition) is 0. The van der Waals surface area contributed by atoms with Gasteiger partial charge in [0.2, 0.25) is 5.52 Å². The summed E-state index contributed by atoms with van der Waals surface area (Å²) in [5.41, 5.74) is 3.04. The summed E-state index contributed by atoms with van der Waals surface area (Å²) in [7, 11) is 0. The Morgan fingerprint density at radius 3 is 2.31 bits per heavy atom. The highest BCUT2D eigenvalue weighted by atomic mass is 15.0. The largest absolute Gasteiger partial charge is 0.257 e. The Morgan fingerprint density at radius 2 is 1.46 bits per heavy atom. The van der Waals surface area contributed by atoms with Crippen molar-refractivity contribution in [2.24, 2.45) is 0 Å². The van der Waals surface area contributed by atoms with E-state index in [4.69, 9.17) is 12.8 Å². The van der Waals surface area contributed by atoms with Crippen LogP contribution in [0, 0.1) is 36.5 Å². The molecule has 0 fully saturated rings. The van der Waals surface area contributed by atoms with Gasteiger partial charge in [-0.2, -0.15) is 9.13 Å². The molecule has 0 radical (unpaired) electrons. The molecule has 2 aromatic heterocycles. The van der Waals surface area contributed by atoms with Crippen LogP contribution in [0.2, 0.25) is 0 Å². The quantitative estimate of drug-likeness (QED) is 0.511. The van der Waals surface area contributed by atoms with E-state index in [2.05, 4.69) is 57.1 Å². The molecule has 0 amide bonds. The van der Waals surface area contributed by atoms with Gasteiger partial charge in [0.05, 0.1) is 12.8 Å². The van der Waals surface area contributed by atoms with Crippen molar-refractivity contribution in [3.05, 3.63) is 72.2 Å². The minimum Gasteiger partial charge on any atom is -0.190 e. The number of hydrogen-bond acceptors (Lipinski definition) is 0. The molecule has 1 aromatic carbocycles. The van der Waals surface area contributed by atoms with Crippen LogP contribution in [-0.2, 0) is 13.1 Å². The second-order valence-electron chi connectivity index (χ2n) is 5.87. The molecular formula is C24H20N2+2. The number of fused-ring (bicyclic) bond motifs is 1. The Balaban J connectivity index is 2.04. The van der Waals surface area contributed by atoms with Crippen molar-refractivity contribution in [3.8, 4) is 36.5 Å². The standard InChI is InChI=1S/C24H20N2/c1-3-5-18-25-19-10-9-12-22(25)16-17-23-15-14-21-11-7-8-13-24(21)26(23)20-6-4-2/h1-2,7-15,19H,5-6,18,20H2/q+2. The summed E-state index contributed by atoms with van der Waals surface area (Å²) < 4.78 is 4.27. The van der Waals surface area contributed by atoms with Gasteiger partial charge >= 0.3 is 0 Å². The molecule has 0 aliphatic carbocycles. The van der Waals surface area contributed by atoms with Gasteiger partial charge in [0.15, 0.2) is 19.3 Å². The molecule has 0 spiro atoms. The van der Waals surface area contributed by atoms with E-state index < -0.39 is 0 Å². The minimum atomic E-state index is 0.668. The minimum absolute atomic E-state index is 0.668. The molecule has 0 saturated carbocycles. The lowest BCUT2D eigenvalue weighted by Gasteiger charge is -2.02. The highest BCUT2D eigenvalue weighted by Crippen LogP contribution is 2.10. The van der Waals surface area contributed by atoms with Gasteiger partial charge in [0, 0.05) is 41.5 Å². The number of aryl methyl sites for hydroxylation is 2. The number of pyridine rings is 2. The molecule has 3 rings (SSSR count). The van der Waals surface area contributed by atoms with E-state index in [0.717, 1.165) is 30.0 Å². The number of rotatable bonds is 4. The van der Waals surface area contributed by atoms with Crippen LogP contribution in [0.15, 0.2) is 60.8 Å². The van der Waals surface area contributed by atoms with Crippen LogP contribution in [0.3, 0.4) is 0 Å². The van der Waals surface area contributed by atoms with E-state index in [1.54, 1.807) is 0 Å². The molecule has 0 aliphatic heterocycles. The van der Waals surface area contributed by atoms with Crippen molar-refractivity contribution in [2.75, 3.05) is 0 Å². The van der Waals surface area contributed by atoms with Crippen LogP contribution in [0.1, 0.15) is 24.2 Å². The highest BCUT2D eigenvalue weighted by Gasteiger charge is 2.14. The van der Waals surface area contributed by atoms with Crippen LogP contribution in [0.4, 0.5) is 0 Å². The predicted molar refractivity (Wildman–Crippen MR) is 104 cm³/mol. The first-order valence-electron chi connectivity index (χ1n) is 8.62. The molecule has 2 heteroatoms. The second-order valence-corrected chi connectivity index (χ2v) is 5.87. The summed E-state index contributed by atoms with van der Waals surface area (Å²) in [5.74, 6) is 12.0. The molecule has 3 aromatic rings. The van der Waals surface area contributed by atoms with Crippen molar-refractivity contribution >= 4 is 10.9 Å². The zero-order chi connectivity index (χ0) is 18.2. The smallest absolute Gasteiger partial charge is 0.190 e. The number of para-hydroxylation sites is 1. The first kappa shape index (κ1) is 17.3. The average molecular weight is 336 g/mol. The van der Waals surface area contributed by atoms with Gasteiger partial charge in [-0.25, -0.2) is 0 Å². The summed E-state index contributed by atoms with van der Waals surface area (Å²) in [4.78, 5) is 0. The van der Waals surface area contributed by atoms with Gasteiger partial charge in [0.25, 0.3) is 11.4 Å². The zero-order valence-corrected chi connectivity index (χ0v) is 14.7. The first-order valence-corrected chi connectivity index (χ1v) is 8.62. The fraction of sp³-hybridized carbons (Fsp3) is 0.167. The summed E-state index contributed by atoms with van der Waals surface area (Å²) in [6.07, 6.45) is 14.2. The van der Waals surface area contributed by atoms with Gasteiger partial charge in [-0.1, -0.05) is 12.1 Å². The summed E-state index contributed by atoms with van der Waals surface area (Å²) in [6, 6.07) is 18.4. The van der Waals surface area contributed by atoms with Crippen molar-refractivity contribution in [1.29, 1.82) is 0 Å². The third-order valence-corrected chi connectivity index (χ3v) is 4.18. The molecular weight excluding hydrogens is 316 g/mol. The van der Waals surface area contributed by atoms with Gasteiger partial charge < -0.3 is 0 Å². The number of aromatic nitrogens is 2. The molecule has 26 heavy (non-hydrogen) atoms. The maximum atomic E-state index is 5.48. The molecule has 0 saturated heterocycles. The van der Waals surface area contributed by atoms with E-state index in [9.17, 15) is 0 Å². The Labute approximate surface area is 155 Å². The normalized spacial score (nSPS) is 9.77. The van der Waals surface area contributed by atoms with Crippen LogP contribution in [0.5, 0.6) is 0 Å². The molecule has 0 unspecified atom stereocenters. The molecule has 2 nitrogen and oxygen atoms in total. The molecule has 0 aliphatic rings. The third-order valence-electron chi connectivity index (χ3n) is 4.18. The van der Waals surface area contributed by atoms with Crippen LogP contribution in [0.25, 0.3) is 10.9 Å². The van der Waals surface area contributed by atoms with Crippen molar-refractivity contribution in [2.45, 2.75) is 25.9 Å². The lowest BCUT2D eigenvalue weighted by molar-refractivity contribution is -0.698. The maximum absolute atomic E-state index is 5.48. The third kappa shape index (κ3) is 3.92. The molecule has 0 N–H and O–H groups in total. The average Bonchev–Trinajstić information content (AvgIpc) is 2.69. The van der Waals surface area contributed by atoms with Gasteiger partial charge in [-0.3, -0.25) is 0 Å². The van der Waals surface area contributed by atoms with E-state index in [-0.39, 0.29) is 0 Å². The lowest BCUT2D eigenvalue weighted by atomic mass is 10.1. The summed E-state index contributed by atoms with van der Waals surface area (Å²) in [6.45, 7) is 1.50. The zero-order valence-electron chi connectivity index (χ0n) is 14.7. The fourth-order valence-electron chi connectivity index (χ4n) is 2.89. The molecule has 124 valence electrons. The molecule has 2 heterocycles. The fourth-order valence-corrected chi connectivity index (χ4v) is 2.89. The number of benzene rings is 1. The lowest BCUT2D eigenvalue weighted by Crippen LogP contribution is -2.38. The van der Waals surface area contributed by atoms with Gasteiger partial charge in [0.1, 0.15) is 0 Å². The number of terminal acetylenes is 2. The van der Waals surface area contributed by atoms with Crippen molar-refractivity contribution in [3.63, 3.8) is 0 Å². The van der Waals surface area contributed by atoms with E-state index >= 15 is 0 Å². The second kappa shape index (κ2) is 8.53. The van der Waals surface area contributed by atoms with Gasteiger partial charge in [-0.15, -0.1) is 24.7 Å². The summed E-state index contributed by atoms with van der Waals surface area (Å²) >= 11 is 0. The van der Waals surface area contributed by atoms with E-state index in [1.807, 2.05) is 36.5 Å². The SMILES string of the molecule is C#CCC[n+]1ccccc1C#Cc1ccc2ccccc2[n+]1CCC#C. The van der Waals surface area contributed by atoms with Crippen molar-refractivity contribution < 1.29 is 9.13 Å². The Morgan fingerprint density at radius 1 is 0.731 bits per heavy atom. The first-order chi connectivity index (χ1) is 12.8. The van der Waals surface area contributed by atoms with Gasteiger partial charge in [-0.05, 0) is 18.2 Å².